The molecule has 2 rings (SSSR count). The summed E-state index contributed by atoms with van der Waals surface area (Å²) in [7, 11) is 0. The molecule has 1 aromatic heterocycles. The topological polar surface area (TPSA) is 48.0 Å². The Hall–Kier alpha value is -0.770. The maximum absolute atomic E-state index is 11.9. The van der Waals surface area contributed by atoms with E-state index < -0.39 is 0 Å². The maximum Gasteiger partial charge on any atom is 0.273 e. The summed E-state index contributed by atoms with van der Waals surface area (Å²) in [6, 6.07) is 2.00. The number of nitrogens with two attached hydrogens (primary N) is 1. The van der Waals surface area contributed by atoms with Crippen LogP contribution in [0.2, 0.25) is 0 Å². The molecule has 2 N–H and O–H groups in total. The zero-order valence-electron chi connectivity index (χ0n) is 9.29. The minimum Gasteiger partial charge on any atom is -0.394 e. The van der Waals surface area contributed by atoms with E-state index in [9.17, 15) is 4.79 Å². The second-order valence-corrected chi connectivity index (χ2v) is 5.39. The van der Waals surface area contributed by atoms with Gasteiger partial charge in [0.25, 0.3) is 5.56 Å². The SMILES string of the molecule is Nc1cc(Br)cn(C2CCCCCC2)c1=O. The number of aromatic nitrogens is 1. The van der Waals surface area contributed by atoms with Crippen LogP contribution in [0.15, 0.2) is 21.5 Å². The molecule has 16 heavy (non-hydrogen) atoms. The van der Waals surface area contributed by atoms with Crippen molar-refractivity contribution in [2.24, 2.45) is 0 Å². The fourth-order valence-corrected chi connectivity index (χ4v) is 2.86. The van der Waals surface area contributed by atoms with E-state index in [1.54, 1.807) is 6.07 Å². The zero-order chi connectivity index (χ0) is 11.5. The first kappa shape index (κ1) is 11.7. The first-order valence-corrected chi connectivity index (χ1v) is 6.65. The summed E-state index contributed by atoms with van der Waals surface area (Å²) >= 11 is 3.39. The molecule has 3 nitrogen and oxygen atoms in total. The van der Waals surface area contributed by atoms with Gasteiger partial charge in [0.15, 0.2) is 0 Å². The third kappa shape index (κ3) is 2.48. The Kier molecular flexibility index (Phi) is 3.69. The molecule has 1 fully saturated rings. The third-order valence-electron chi connectivity index (χ3n) is 3.26. The Labute approximate surface area is 104 Å². The van der Waals surface area contributed by atoms with Crippen LogP contribution in [-0.4, -0.2) is 4.57 Å². The highest BCUT2D eigenvalue weighted by molar-refractivity contribution is 9.10. The summed E-state index contributed by atoms with van der Waals surface area (Å²) in [5.41, 5.74) is 5.99. The first-order valence-electron chi connectivity index (χ1n) is 5.85. The largest absolute Gasteiger partial charge is 0.394 e. The quantitative estimate of drug-likeness (QED) is 0.806. The van der Waals surface area contributed by atoms with Gasteiger partial charge in [-0.25, -0.2) is 0 Å². The van der Waals surface area contributed by atoms with Crippen molar-refractivity contribution in [2.75, 3.05) is 5.73 Å². The van der Waals surface area contributed by atoms with E-state index in [-0.39, 0.29) is 5.56 Å². The van der Waals surface area contributed by atoms with Gasteiger partial charge in [0.05, 0.1) is 5.69 Å². The van der Waals surface area contributed by atoms with E-state index in [1.165, 1.54) is 25.7 Å². The molecule has 0 aromatic carbocycles. The second-order valence-electron chi connectivity index (χ2n) is 4.47. The van der Waals surface area contributed by atoms with Crippen LogP contribution in [0, 0.1) is 0 Å². The van der Waals surface area contributed by atoms with Gasteiger partial charge in [0, 0.05) is 16.7 Å². The molecule has 0 unspecified atom stereocenters. The number of anilines is 1. The van der Waals surface area contributed by atoms with Crippen molar-refractivity contribution in [1.82, 2.24) is 4.57 Å². The van der Waals surface area contributed by atoms with Crippen molar-refractivity contribution >= 4 is 21.6 Å². The highest BCUT2D eigenvalue weighted by Crippen LogP contribution is 2.27. The molecule has 0 bridgehead atoms. The maximum atomic E-state index is 11.9. The summed E-state index contributed by atoms with van der Waals surface area (Å²) in [5, 5.41) is 0. The standard InChI is InChI=1S/C12H17BrN2O/c13-9-7-11(14)12(16)15(8-9)10-5-3-1-2-4-6-10/h7-8,10H,1-6,14H2. The van der Waals surface area contributed by atoms with Crippen LogP contribution in [0.4, 0.5) is 5.69 Å². The molecule has 1 heterocycles. The summed E-state index contributed by atoms with van der Waals surface area (Å²) < 4.78 is 2.69. The average Bonchev–Trinajstić information content (AvgIpc) is 2.51. The van der Waals surface area contributed by atoms with Crippen molar-refractivity contribution in [1.29, 1.82) is 0 Å². The molecular formula is C12H17BrN2O. The lowest BCUT2D eigenvalue weighted by molar-refractivity contribution is 0.432. The van der Waals surface area contributed by atoms with E-state index in [0.29, 0.717) is 11.7 Å². The highest BCUT2D eigenvalue weighted by atomic mass is 79.9. The van der Waals surface area contributed by atoms with Crippen LogP contribution in [0.5, 0.6) is 0 Å². The zero-order valence-corrected chi connectivity index (χ0v) is 10.9. The molecule has 4 heteroatoms. The average molecular weight is 285 g/mol. The van der Waals surface area contributed by atoms with Gasteiger partial charge in [-0.05, 0) is 34.8 Å². The molecule has 0 spiro atoms. The van der Waals surface area contributed by atoms with E-state index in [0.717, 1.165) is 17.3 Å². The Morgan fingerprint density at radius 3 is 2.50 bits per heavy atom. The smallest absolute Gasteiger partial charge is 0.273 e. The number of nitrogens with zero attached hydrogens (tertiary/aromatic N) is 1. The predicted octanol–water partition coefficient (Wildman–Crippen LogP) is 3.09. The van der Waals surface area contributed by atoms with Gasteiger partial charge in [-0.3, -0.25) is 4.79 Å². The molecule has 1 aliphatic rings. The molecule has 0 saturated heterocycles. The van der Waals surface area contributed by atoms with Gasteiger partial charge in [-0.2, -0.15) is 0 Å². The normalized spacial score (nSPS) is 18.3. The number of pyridine rings is 1. The van der Waals surface area contributed by atoms with Crippen molar-refractivity contribution in [2.45, 2.75) is 44.6 Å². The molecule has 1 aromatic rings. The van der Waals surface area contributed by atoms with E-state index >= 15 is 0 Å². The van der Waals surface area contributed by atoms with E-state index in [1.807, 2.05) is 10.8 Å². The van der Waals surface area contributed by atoms with E-state index in [2.05, 4.69) is 15.9 Å². The Balaban J connectivity index is 2.34. The lowest BCUT2D eigenvalue weighted by Crippen LogP contribution is -2.26. The molecule has 0 atom stereocenters. The summed E-state index contributed by atoms with van der Waals surface area (Å²) in [5.74, 6) is 0. The van der Waals surface area contributed by atoms with Gasteiger partial charge in [-0.1, -0.05) is 25.7 Å². The fraction of sp³-hybridized carbons (Fsp3) is 0.583. The van der Waals surface area contributed by atoms with Gasteiger partial charge < -0.3 is 10.3 Å². The predicted molar refractivity (Wildman–Crippen MR) is 69.6 cm³/mol. The molecule has 1 saturated carbocycles. The second kappa shape index (κ2) is 5.04. The van der Waals surface area contributed by atoms with Crippen LogP contribution in [-0.2, 0) is 0 Å². The highest BCUT2D eigenvalue weighted by Gasteiger charge is 2.16. The third-order valence-corrected chi connectivity index (χ3v) is 3.69. The lowest BCUT2D eigenvalue weighted by atomic mass is 10.1. The van der Waals surface area contributed by atoms with E-state index in [4.69, 9.17) is 5.73 Å². The molecule has 0 aliphatic heterocycles. The first-order chi connectivity index (χ1) is 7.68. The number of nitrogen functional groups attached to an aromatic ring is 1. The monoisotopic (exact) mass is 284 g/mol. The Morgan fingerprint density at radius 2 is 1.88 bits per heavy atom. The lowest BCUT2D eigenvalue weighted by Gasteiger charge is -2.18. The summed E-state index contributed by atoms with van der Waals surface area (Å²) in [4.78, 5) is 11.9. The van der Waals surface area contributed by atoms with Crippen molar-refractivity contribution < 1.29 is 0 Å². The van der Waals surface area contributed by atoms with Crippen LogP contribution < -0.4 is 11.3 Å². The number of rotatable bonds is 1. The molecule has 88 valence electrons. The fourth-order valence-electron chi connectivity index (χ4n) is 2.40. The number of hydrogen-bond acceptors (Lipinski definition) is 2. The summed E-state index contributed by atoms with van der Waals surface area (Å²) in [6.07, 6.45) is 9.05. The van der Waals surface area contributed by atoms with Gasteiger partial charge in [0.1, 0.15) is 0 Å². The van der Waals surface area contributed by atoms with Crippen molar-refractivity contribution in [3.63, 3.8) is 0 Å². The van der Waals surface area contributed by atoms with Gasteiger partial charge >= 0.3 is 0 Å². The van der Waals surface area contributed by atoms with Crippen LogP contribution in [0.25, 0.3) is 0 Å². The minimum absolute atomic E-state index is 0.0462. The summed E-state index contributed by atoms with van der Waals surface area (Å²) in [6.45, 7) is 0. The number of halogens is 1. The Bertz CT molecular complexity index is 420. The molecule has 0 amide bonds. The van der Waals surface area contributed by atoms with Crippen molar-refractivity contribution in [3.05, 3.63) is 27.1 Å². The molecule has 1 aliphatic carbocycles. The molecular weight excluding hydrogens is 268 g/mol. The Morgan fingerprint density at radius 1 is 1.25 bits per heavy atom. The van der Waals surface area contributed by atoms with Gasteiger partial charge in [-0.15, -0.1) is 0 Å². The number of hydrogen-bond donors (Lipinski definition) is 1. The van der Waals surface area contributed by atoms with Crippen LogP contribution in [0.3, 0.4) is 0 Å². The van der Waals surface area contributed by atoms with Gasteiger partial charge in [0.2, 0.25) is 0 Å². The minimum atomic E-state index is -0.0462. The van der Waals surface area contributed by atoms with Crippen LogP contribution in [0.1, 0.15) is 44.6 Å². The van der Waals surface area contributed by atoms with Crippen LogP contribution >= 0.6 is 15.9 Å². The molecule has 0 radical (unpaired) electrons. The van der Waals surface area contributed by atoms with Crippen molar-refractivity contribution in [3.8, 4) is 0 Å².